The summed E-state index contributed by atoms with van der Waals surface area (Å²) < 4.78 is 0. The van der Waals surface area contributed by atoms with Gasteiger partial charge in [0.25, 0.3) is 0 Å². The van der Waals surface area contributed by atoms with E-state index < -0.39 is 5.41 Å². The molecule has 0 aliphatic heterocycles. The fraction of sp³-hybridized carbons (Fsp3) is 0.0189. The van der Waals surface area contributed by atoms with Gasteiger partial charge in [0.05, 0.1) is 16.4 Å². The number of fused-ring (bicyclic) bond motifs is 7. The highest BCUT2D eigenvalue weighted by Gasteiger charge is 2.46. The van der Waals surface area contributed by atoms with Gasteiger partial charge in [-0.05, 0) is 121 Å². The Hall–Kier alpha value is -7.16. The van der Waals surface area contributed by atoms with Crippen LogP contribution in [-0.4, -0.2) is 9.97 Å². The highest BCUT2D eigenvalue weighted by atomic mass is 14.7. The van der Waals surface area contributed by atoms with Gasteiger partial charge in [0.2, 0.25) is 0 Å². The third-order valence-electron chi connectivity index (χ3n) is 11.6. The summed E-state index contributed by atoms with van der Waals surface area (Å²) in [6, 6.07) is 71.1. The van der Waals surface area contributed by atoms with Crippen LogP contribution >= 0.6 is 0 Å². The summed E-state index contributed by atoms with van der Waals surface area (Å²) in [5, 5.41) is 4.67. The van der Waals surface area contributed by atoms with Crippen LogP contribution in [0.1, 0.15) is 22.3 Å². The lowest BCUT2D eigenvalue weighted by molar-refractivity contribution is 0.769. The number of hydrogen-bond acceptors (Lipinski definition) is 2. The molecule has 256 valence electrons. The molecule has 0 saturated carbocycles. The molecule has 1 aliphatic carbocycles. The number of rotatable bonds is 5. The molecular formula is C53H34N2. The average molecular weight is 699 g/mol. The Kier molecular flexibility index (Phi) is 7.11. The van der Waals surface area contributed by atoms with E-state index in [2.05, 4.69) is 199 Å². The van der Waals surface area contributed by atoms with Crippen LogP contribution in [0.2, 0.25) is 0 Å². The molecule has 2 heterocycles. The van der Waals surface area contributed by atoms with Crippen LogP contribution in [0.5, 0.6) is 0 Å². The van der Waals surface area contributed by atoms with Crippen molar-refractivity contribution in [1.82, 2.24) is 9.97 Å². The number of nitrogens with zero attached hydrogens (tertiary/aromatic N) is 2. The summed E-state index contributed by atoms with van der Waals surface area (Å²) in [6.45, 7) is 0. The summed E-state index contributed by atoms with van der Waals surface area (Å²) in [4.78, 5) is 9.44. The lowest BCUT2D eigenvalue weighted by Crippen LogP contribution is -2.28. The zero-order valence-electron chi connectivity index (χ0n) is 30.0. The zero-order valence-corrected chi connectivity index (χ0v) is 30.0. The second kappa shape index (κ2) is 12.5. The molecule has 8 aromatic carbocycles. The maximum atomic E-state index is 5.14. The van der Waals surface area contributed by atoms with Gasteiger partial charge >= 0.3 is 0 Å². The van der Waals surface area contributed by atoms with Crippen LogP contribution in [0, 0.1) is 0 Å². The van der Waals surface area contributed by atoms with E-state index in [9.17, 15) is 0 Å². The van der Waals surface area contributed by atoms with Gasteiger partial charge in [-0.1, -0.05) is 146 Å². The largest absolute Gasteiger partial charge is 0.265 e. The Bertz CT molecular complexity index is 3040. The van der Waals surface area contributed by atoms with Crippen molar-refractivity contribution in [2.75, 3.05) is 0 Å². The average Bonchev–Trinajstić information content (AvgIpc) is 3.56. The number of hydrogen-bond donors (Lipinski definition) is 0. The van der Waals surface area contributed by atoms with Crippen LogP contribution in [0.15, 0.2) is 207 Å². The number of para-hydroxylation sites is 1. The maximum absolute atomic E-state index is 5.14. The Labute approximate surface area is 320 Å². The van der Waals surface area contributed by atoms with E-state index in [1.807, 2.05) is 12.4 Å². The molecule has 0 bridgehead atoms. The van der Waals surface area contributed by atoms with Crippen molar-refractivity contribution in [2.24, 2.45) is 0 Å². The SMILES string of the molecule is c1ccc(C2(c3ccccc3)c3cc(-c4ccncc4)ccc3-c3ccc(-c4cccc(-c5cc6cc7ccccc7nc6c6ccccc56)c4)cc32)cc1. The summed E-state index contributed by atoms with van der Waals surface area (Å²) in [5.74, 6) is 0. The Morgan fingerprint density at radius 2 is 0.927 bits per heavy atom. The minimum Gasteiger partial charge on any atom is -0.265 e. The molecule has 0 N–H and O–H groups in total. The van der Waals surface area contributed by atoms with Crippen molar-refractivity contribution < 1.29 is 0 Å². The van der Waals surface area contributed by atoms with E-state index in [0.717, 1.165) is 27.4 Å². The molecule has 0 unspecified atom stereocenters. The van der Waals surface area contributed by atoms with E-state index >= 15 is 0 Å². The molecule has 11 rings (SSSR count). The topological polar surface area (TPSA) is 25.8 Å². The second-order valence-electron chi connectivity index (χ2n) is 14.5. The van der Waals surface area contributed by atoms with Gasteiger partial charge in [-0.2, -0.15) is 0 Å². The fourth-order valence-corrected chi connectivity index (χ4v) is 9.11. The third-order valence-corrected chi connectivity index (χ3v) is 11.6. The third kappa shape index (κ3) is 4.89. The normalized spacial score (nSPS) is 12.9. The quantitative estimate of drug-likeness (QED) is 0.132. The van der Waals surface area contributed by atoms with Crippen molar-refractivity contribution in [3.05, 3.63) is 229 Å². The van der Waals surface area contributed by atoms with Gasteiger partial charge in [-0.3, -0.25) is 4.98 Å². The molecule has 0 atom stereocenters. The van der Waals surface area contributed by atoms with Crippen molar-refractivity contribution in [2.45, 2.75) is 5.41 Å². The minimum absolute atomic E-state index is 0.520. The Morgan fingerprint density at radius 1 is 0.345 bits per heavy atom. The van der Waals surface area contributed by atoms with Crippen LogP contribution in [0.3, 0.4) is 0 Å². The molecule has 0 saturated heterocycles. The van der Waals surface area contributed by atoms with E-state index in [0.29, 0.717) is 0 Å². The van der Waals surface area contributed by atoms with Crippen molar-refractivity contribution in [3.8, 4) is 44.5 Å². The van der Waals surface area contributed by atoms with E-state index in [1.165, 1.54) is 72.0 Å². The summed E-state index contributed by atoms with van der Waals surface area (Å²) in [7, 11) is 0. The second-order valence-corrected chi connectivity index (χ2v) is 14.5. The van der Waals surface area contributed by atoms with E-state index in [-0.39, 0.29) is 0 Å². The van der Waals surface area contributed by atoms with Crippen molar-refractivity contribution >= 4 is 32.6 Å². The van der Waals surface area contributed by atoms with Gasteiger partial charge in [-0.15, -0.1) is 0 Å². The first kappa shape index (κ1) is 31.4. The van der Waals surface area contributed by atoms with Crippen LogP contribution < -0.4 is 0 Å². The molecule has 0 spiro atoms. The number of pyridine rings is 2. The lowest BCUT2D eigenvalue weighted by atomic mass is 9.67. The molecule has 55 heavy (non-hydrogen) atoms. The predicted octanol–water partition coefficient (Wildman–Crippen LogP) is 13.3. The molecule has 2 heteroatoms. The number of benzene rings is 8. The molecular weight excluding hydrogens is 665 g/mol. The molecule has 0 fully saturated rings. The first-order chi connectivity index (χ1) is 27.3. The standard InChI is InChI=1S/C53H34N2/c1-3-15-42(16-4-1)53(43-17-5-2-6-18-43)49-33-37(35-26-28-54-29-27-35)22-24-45(49)46-25-23-38(34-50(46)53)36-13-11-14-39(30-36)48-32-41-31-40-12-7-10-21-51(40)55-52(41)47-20-9-8-19-44(47)48/h1-34H. The Balaban J connectivity index is 1.12. The first-order valence-electron chi connectivity index (χ1n) is 18.9. The highest BCUT2D eigenvalue weighted by molar-refractivity contribution is 6.14. The molecule has 2 aromatic heterocycles. The van der Waals surface area contributed by atoms with Crippen molar-refractivity contribution in [3.63, 3.8) is 0 Å². The molecule has 10 aromatic rings. The van der Waals surface area contributed by atoms with E-state index in [4.69, 9.17) is 4.98 Å². The van der Waals surface area contributed by atoms with Gasteiger partial charge in [-0.25, -0.2) is 4.98 Å². The highest BCUT2D eigenvalue weighted by Crippen LogP contribution is 2.57. The molecule has 2 nitrogen and oxygen atoms in total. The van der Waals surface area contributed by atoms with Crippen LogP contribution in [0.25, 0.3) is 77.1 Å². The van der Waals surface area contributed by atoms with Gasteiger partial charge in [0.1, 0.15) is 0 Å². The molecule has 0 amide bonds. The summed E-state index contributed by atoms with van der Waals surface area (Å²) >= 11 is 0. The maximum Gasteiger partial charge on any atom is 0.0788 e. The molecule has 1 aliphatic rings. The summed E-state index contributed by atoms with van der Waals surface area (Å²) in [5.41, 5.74) is 16.3. The zero-order chi connectivity index (χ0) is 36.3. The van der Waals surface area contributed by atoms with E-state index in [1.54, 1.807) is 0 Å². The monoisotopic (exact) mass is 698 g/mol. The first-order valence-corrected chi connectivity index (χ1v) is 18.9. The van der Waals surface area contributed by atoms with Gasteiger partial charge in [0, 0.05) is 28.6 Å². The van der Waals surface area contributed by atoms with Crippen LogP contribution in [0.4, 0.5) is 0 Å². The minimum atomic E-state index is -0.520. The smallest absolute Gasteiger partial charge is 0.0788 e. The van der Waals surface area contributed by atoms with Crippen LogP contribution in [-0.2, 0) is 5.41 Å². The Morgan fingerprint density at radius 3 is 1.64 bits per heavy atom. The van der Waals surface area contributed by atoms with Gasteiger partial charge < -0.3 is 0 Å². The predicted molar refractivity (Wildman–Crippen MR) is 228 cm³/mol. The summed E-state index contributed by atoms with van der Waals surface area (Å²) in [6.07, 6.45) is 3.75. The van der Waals surface area contributed by atoms with Gasteiger partial charge in [0.15, 0.2) is 0 Å². The lowest BCUT2D eigenvalue weighted by Gasteiger charge is -2.34. The number of aromatic nitrogens is 2. The molecule has 0 radical (unpaired) electrons. The fourth-order valence-electron chi connectivity index (χ4n) is 9.11. The van der Waals surface area contributed by atoms with Crippen molar-refractivity contribution in [1.29, 1.82) is 0 Å².